The lowest BCUT2D eigenvalue weighted by atomic mass is 9.79. The van der Waals surface area contributed by atoms with Gasteiger partial charge in [0.1, 0.15) is 11.3 Å². The number of nitrogens with zero attached hydrogens (tertiary/aromatic N) is 2. The molecular formula is C47H36N2OS. The molecule has 4 heterocycles. The van der Waals surface area contributed by atoms with Crippen LogP contribution in [0.4, 0.5) is 17.1 Å². The number of allylic oxidation sites excluding steroid dienone is 1. The minimum Gasteiger partial charge on any atom is -0.456 e. The number of benzene rings is 6. The first-order valence-corrected chi connectivity index (χ1v) is 19.1. The number of anilines is 2. The molecule has 11 rings (SSSR count). The summed E-state index contributed by atoms with van der Waals surface area (Å²) in [6, 6.07) is 42.9. The first-order valence-electron chi connectivity index (χ1n) is 18.3. The Morgan fingerprint density at radius 3 is 2.45 bits per heavy atom. The van der Waals surface area contributed by atoms with Crippen LogP contribution in [0.25, 0.3) is 48.7 Å². The maximum atomic E-state index is 6.55. The van der Waals surface area contributed by atoms with Crippen molar-refractivity contribution in [3.8, 4) is 0 Å². The van der Waals surface area contributed by atoms with Gasteiger partial charge in [-0.3, -0.25) is 4.99 Å². The molecule has 2 aromatic heterocycles. The standard InChI is InChI=1S/C47H36N2OS/c1-3-32-44(35-18-11-20-40-43(35)42-27(2)12-10-19-39(42)50-40)48-45-34-17-8-9-21-41(34)51-47(45)46(32)49-37-23-22-28-13-6-7-16-33(28)36(37)25-31-24-29-14-4-5-15-30(29)26-38(31)49/h4-11,13-24,26-27,32,46H,3,12,25H2,1-2H3. The Hall–Kier alpha value is -5.45. The van der Waals surface area contributed by atoms with Crippen LogP contribution in [0.15, 0.2) is 131 Å². The largest absolute Gasteiger partial charge is 0.456 e. The molecule has 4 heteroatoms. The second-order valence-electron chi connectivity index (χ2n) is 14.5. The van der Waals surface area contributed by atoms with Gasteiger partial charge in [-0.2, -0.15) is 0 Å². The van der Waals surface area contributed by atoms with Gasteiger partial charge in [-0.05, 0) is 87.8 Å². The van der Waals surface area contributed by atoms with Crippen molar-refractivity contribution in [3.05, 3.63) is 154 Å². The van der Waals surface area contributed by atoms with Crippen molar-refractivity contribution in [1.82, 2.24) is 0 Å². The molecule has 0 amide bonds. The summed E-state index contributed by atoms with van der Waals surface area (Å²) in [6.45, 7) is 4.69. The van der Waals surface area contributed by atoms with Crippen molar-refractivity contribution in [3.63, 3.8) is 0 Å². The molecule has 1 aliphatic carbocycles. The Morgan fingerprint density at radius 1 is 0.804 bits per heavy atom. The van der Waals surface area contributed by atoms with Gasteiger partial charge in [-0.25, -0.2) is 0 Å². The SMILES string of the molecule is CCC1C(c2cccc3oc4c(c23)C(C)CC=C4)=Nc2c(sc3ccccc23)C1N1c2cc3ccccc3cc2Cc2c1ccc1ccccc21. The number of hydrogen-bond acceptors (Lipinski definition) is 4. The maximum absolute atomic E-state index is 6.55. The second-order valence-corrected chi connectivity index (χ2v) is 15.6. The van der Waals surface area contributed by atoms with Crippen LogP contribution >= 0.6 is 11.3 Å². The number of rotatable bonds is 3. The third-order valence-electron chi connectivity index (χ3n) is 11.7. The highest BCUT2D eigenvalue weighted by Gasteiger charge is 2.43. The molecule has 0 radical (unpaired) electrons. The van der Waals surface area contributed by atoms with E-state index in [2.05, 4.69) is 146 Å². The van der Waals surface area contributed by atoms with Crippen molar-refractivity contribution < 1.29 is 4.42 Å². The monoisotopic (exact) mass is 676 g/mol. The molecule has 8 aromatic rings. The Bertz CT molecular complexity index is 2800. The summed E-state index contributed by atoms with van der Waals surface area (Å²) >= 11 is 1.93. The fraction of sp³-hybridized carbons (Fsp3) is 0.170. The Labute approximate surface area is 301 Å². The molecule has 2 aliphatic heterocycles. The summed E-state index contributed by atoms with van der Waals surface area (Å²) in [6.07, 6.45) is 7.29. The Kier molecular flexibility index (Phi) is 6.33. The van der Waals surface area contributed by atoms with Gasteiger partial charge >= 0.3 is 0 Å². The van der Waals surface area contributed by atoms with E-state index in [1.807, 2.05) is 11.3 Å². The Morgan fingerprint density at radius 2 is 1.59 bits per heavy atom. The smallest absolute Gasteiger partial charge is 0.135 e. The fourth-order valence-electron chi connectivity index (χ4n) is 9.39. The zero-order valence-corrected chi connectivity index (χ0v) is 29.5. The van der Waals surface area contributed by atoms with Crippen molar-refractivity contribution in [1.29, 1.82) is 0 Å². The summed E-state index contributed by atoms with van der Waals surface area (Å²) in [5, 5.41) is 7.67. The lowest BCUT2D eigenvalue weighted by molar-refractivity contribution is 0.524. The highest BCUT2D eigenvalue weighted by atomic mass is 32.1. The van der Waals surface area contributed by atoms with Gasteiger partial charge < -0.3 is 9.32 Å². The molecule has 3 aliphatic rings. The molecule has 246 valence electrons. The van der Waals surface area contributed by atoms with Crippen molar-refractivity contribution >= 4 is 82.8 Å². The van der Waals surface area contributed by atoms with E-state index in [0.717, 1.165) is 36.3 Å². The van der Waals surface area contributed by atoms with E-state index in [-0.39, 0.29) is 12.0 Å². The minimum absolute atomic E-state index is 0.0466. The van der Waals surface area contributed by atoms with Crippen LogP contribution in [0, 0.1) is 5.92 Å². The lowest BCUT2D eigenvalue weighted by Gasteiger charge is -2.44. The zero-order chi connectivity index (χ0) is 33.8. The molecule has 0 fully saturated rings. The molecule has 6 aromatic carbocycles. The average Bonchev–Trinajstić information content (AvgIpc) is 3.75. The van der Waals surface area contributed by atoms with E-state index < -0.39 is 0 Å². The summed E-state index contributed by atoms with van der Waals surface area (Å²) < 4.78 is 7.84. The third-order valence-corrected chi connectivity index (χ3v) is 12.9. The van der Waals surface area contributed by atoms with Gasteiger partial charge in [0, 0.05) is 50.3 Å². The maximum Gasteiger partial charge on any atom is 0.135 e. The van der Waals surface area contributed by atoms with Crippen LogP contribution in [-0.4, -0.2) is 5.71 Å². The molecule has 0 spiro atoms. The fourth-order valence-corrected chi connectivity index (χ4v) is 10.7. The molecule has 0 saturated carbocycles. The summed E-state index contributed by atoms with van der Waals surface area (Å²) in [5.74, 6) is 1.51. The van der Waals surface area contributed by atoms with E-state index in [4.69, 9.17) is 9.41 Å². The van der Waals surface area contributed by atoms with Crippen molar-refractivity contribution in [2.24, 2.45) is 10.9 Å². The lowest BCUT2D eigenvalue weighted by Crippen LogP contribution is -2.38. The van der Waals surface area contributed by atoms with Gasteiger partial charge in [-0.1, -0.05) is 105 Å². The van der Waals surface area contributed by atoms with Crippen LogP contribution in [0.3, 0.4) is 0 Å². The Balaban J connectivity index is 1.23. The number of fused-ring (bicyclic) bond motifs is 11. The molecule has 0 bridgehead atoms. The summed E-state index contributed by atoms with van der Waals surface area (Å²) in [4.78, 5) is 9.83. The average molecular weight is 677 g/mol. The highest BCUT2D eigenvalue weighted by Crippen LogP contribution is 2.57. The number of hydrogen-bond donors (Lipinski definition) is 0. The van der Waals surface area contributed by atoms with Crippen LogP contribution in [0.1, 0.15) is 71.5 Å². The second kappa shape index (κ2) is 11.0. The van der Waals surface area contributed by atoms with Crippen LogP contribution in [0.2, 0.25) is 0 Å². The molecule has 3 unspecified atom stereocenters. The highest BCUT2D eigenvalue weighted by molar-refractivity contribution is 7.20. The number of aliphatic imine (C=N–C) groups is 1. The van der Waals surface area contributed by atoms with Crippen LogP contribution in [0.5, 0.6) is 0 Å². The van der Waals surface area contributed by atoms with E-state index in [0.29, 0.717) is 5.92 Å². The van der Waals surface area contributed by atoms with Crippen molar-refractivity contribution in [2.75, 3.05) is 4.90 Å². The molecule has 51 heavy (non-hydrogen) atoms. The zero-order valence-electron chi connectivity index (χ0n) is 28.7. The van der Waals surface area contributed by atoms with Gasteiger partial charge in [0.2, 0.25) is 0 Å². The summed E-state index contributed by atoms with van der Waals surface area (Å²) in [7, 11) is 0. The molecule has 3 atom stereocenters. The third kappa shape index (κ3) is 4.20. The normalized spacial score (nSPS) is 19.3. The predicted molar refractivity (Wildman–Crippen MR) is 216 cm³/mol. The van der Waals surface area contributed by atoms with Crippen LogP contribution < -0.4 is 4.90 Å². The molecule has 0 saturated heterocycles. The number of thiophene rings is 1. The van der Waals surface area contributed by atoms with E-state index in [1.165, 1.54) is 81.2 Å². The van der Waals surface area contributed by atoms with E-state index in [9.17, 15) is 0 Å². The van der Waals surface area contributed by atoms with Crippen molar-refractivity contribution in [2.45, 2.75) is 45.1 Å². The van der Waals surface area contributed by atoms with E-state index in [1.54, 1.807) is 0 Å². The molecule has 3 nitrogen and oxygen atoms in total. The molecule has 0 N–H and O–H groups in total. The first kappa shape index (κ1) is 29.3. The first-order chi connectivity index (χ1) is 25.2. The summed E-state index contributed by atoms with van der Waals surface area (Å²) in [5.41, 5.74) is 11.2. The van der Waals surface area contributed by atoms with Gasteiger partial charge in [-0.15, -0.1) is 11.3 Å². The number of furan rings is 1. The van der Waals surface area contributed by atoms with Gasteiger partial charge in [0.15, 0.2) is 0 Å². The van der Waals surface area contributed by atoms with Gasteiger partial charge in [0.05, 0.1) is 22.3 Å². The van der Waals surface area contributed by atoms with Crippen LogP contribution in [-0.2, 0) is 6.42 Å². The quantitative estimate of drug-likeness (QED) is 0.186. The predicted octanol–water partition coefficient (Wildman–Crippen LogP) is 13.4. The molecular weight excluding hydrogens is 641 g/mol. The van der Waals surface area contributed by atoms with E-state index >= 15 is 0 Å². The van der Waals surface area contributed by atoms with Gasteiger partial charge in [0.25, 0.3) is 0 Å². The topological polar surface area (TPSA) is 28.7 Å². The minimum atomic E-state index is 0.0466.